The summed E-state index contributed by atoms with van der Waals surface area (Å²) in [6, 6.07) is 7.41. The molecule has 0 bridgehead atoms. The van der Waals surface area contributed by atoms with Gasteiger partial charge in [0.05, 0.1) is 11.2 Å². The van der Waals surface area contributed by atoms with Crippen molar-refractivity contribution >= 4 is 17.9 Å². The third kappa shape index (κ3) is 1.66. The number of aldehydes is 1. The van der Waals surface area contributed by atoms with E-state index in [1.807, 2.05) is 18.2 Å². The average Bonchev–Trinajstić information content (AvgIpc) is 2.60. The zero-order valence-corrected chi connectivity index (χ0v) is 8.90. The zero-order chi connectivity index (χ0) is 10.8. The number of halogens is 1. The molecule has 76 valence electrons. The molecule has 0 saturated heterocycles. The van der Waals surface area contributed by atoms with Crippen molar-refractivity contribution in [2.75, 3.05) is 0 Å². The Balaban J connectivity index is 2.59. The molecule has 0 aliphatic carbocycles. The number of hydrogen-bond acceptors (Lipinski definition) is 2. The van der Waals surface area contributed by atoms with Gasteiger partial charge in [-0.15, -0.1) is 0 Å². The summed E-state index contributed by atoms with van der Waals surface area (Å²) in [5.41, 5.74) is 1.36. The van der Waals surface area contributed by atoms with Gasteiger partial charge in [0, 0.05) is 12.6 Å². The van der Waals surface area contributed by atoms with Crippen LogP contribution in [0.25, 0.3) is 11.4 Å². The molecule has 2 rings (SSSR count). The van der Waals surface area contributed by atoms with Crippen LogP contribution >= 0.6 is 11.6 Å². The van der Waals surface area contributed by atoms with Crippen LogP contribution in [0.1, 0.15) is 10.5 Å². The van der Waals surface area contributed by atoms with Crippen LogP contribution in [0.2, 0.25) is 5.02 Å². The average molecular weight is 221 g/mol. The lowest BCUT2D eigenvalue weighted by atomic mass is 10.2. The van der Waals surface area contributed by atoms with Crippen molar-refractivity contribution in [3.63, 3.8) is 0 Å². The molecule has 0 spiro atoms. The van der Waals surface area contributed by atoms with Crippen molar-refractivity contribution < 1.29 is 4.79 Å². The smallest absolute Gasteiger partial charge is 0.168 e. The van der Waals surface area contributed by atoms with E-state index in [1.54, 1.807) is 17.7 Å². The number of nitrogens with zero attached hydrogens (tertiary/aromatic N) is 2. The molecular weight excluding hydrogens is 212 g/mol. The van der Waals surface area contributed by atoms with Gasteiger partial charge in [-0.05, 0) is 12.1 Å². The van der Waals surface area contributed by atoms with Gasteiger partial charge < -0.3 is 4.57 Å². The number of benzene rings is 1. The fraction of sp³-hybridized carbons (Fsp3) is 0.0909. The van der Waals surface area contributed by atoms with Crippen LogP contribution in [0.4, 0.5) is 0 Å². The van der Waals surface area contributed by atoms with Crippen LogP contribution in [0.3, 0.4) is 0 Å². The first kappa shape index (κ1) is 9.93. The van der Waals surface area contributed by atoms with Gasteiger partial charge in [-0.3, -0.25) is 4.79 Å². The molecular formula is C11H9ClN2O. The summed E-state index contributed by atoms with van der Waals surface area (Å²) in [6.45, 7) is 0. The molecule has 1 heterocycles. The first-order valence-electron chi connectivity index (χ1n) is 4.46. The molecule has 0 N–H and O–H groups in total. The van der Waals surface area contributed by atoms with Gasteiger partial charge >= 0.3 is 0 Å². The highest BCUT2D eigenvalue weighted by molar-refractivity contribution is 6.33. The van der Waals surface area contributed by atoms with E-state index in [1.165, 1.54) is 6.20 Å². The predicted molar refractivity (Wildman–Crippen MR) is 59.0 cm³/mol. The molecule has 0 aliphatic rings. The fourth-order valence-corrected chi connectivity index (χ4v) is 1.65. The fourth-order valence-electron chi connectivity index (χ4n) is 1.43. The second-order valence-electron chi connectivity index (χ2n) is 3.16. The summed E-state index contributed by atoms with van der Waals surface area (Å²) in [4.78, 5) is 14.8. The summed E-state index contributed by atoms with van der Waals surface area (Å²) in [5, 5.41) is 0.628. The van der Waals surface area contributed by atoms with E-state index in [0.717, 1.165) is 11.8 Å². The standard InChI is InChI=1S/C11H9ClN2O/c1-14-8(7-15)6-13-11(14)9-4-2-3-5-10(9)12/h2-7H,1H3. The number of imidazole rings is 1. The summed E-state index contributed by atoms with van der Waals surface area (Å²) in [6.07, 6.45) is 2.30. The Morgan fingerprint density at radius 3 is 2.73 bits per heavy atom. The Hall–Kier alpha value is -1.61. The number of carbonyl (C=O) groups excluding carboxylic acids is 1. The van der Waals surface area contributed by atoms with Crippen LogP contribution in [0.15, 0.2) is 30.5 Å². The van der Waals surface area contributed by atoms with E-state index < -0.39 is 0 Å². The number of carbonyl (C=O) groups is 1. The Kier molecular flexibility index (Phi) is 2.56. The lowest BCUT2D eigenvalue weighted by Gasteiger charge is -2.04. The third-order valence-electron chi connectivity index (χ3n) is 2.26. The predicted octanol–water partition coefficient (Wildman–Crippen LogP) is 2.55. The van der Waals surface area contributed by atoms with Crippen LogP contribution in [-0.2, 0) is 7.05 Å². The summed E-state index contributed by atoms with van der Waals surface area (Å²) in [5.74, 6) is 0.697. The Morgan fingerprint density at radius 1 is 1.40 bits per heavy atom. The van der Waals surface area contributed by atoms with Gasteiger partial charge in [0.15, 0.2) is 6.29 Å². The van der Waals surface area contributed by atoms with Gasteiger partial charge in [0.2, 0.25) is 0 Å². The topological polar surface area (TPSA) is 34.9 Å². The van der Waals surface area contributed by atoms with Crippen molar-refractivity contribution in [2.24, 2.45) is 7.05 Å². The van der Waals surface area contributed by atoms with Crippen LogP contribution < -0.4 is 0 Å². The molecule has 1 aromatic carbocycles. The lowest BCUT2D eigenvalue weighted by molar-refractivity contribution is 0.111. The lowest BCUT2D eigenvalue weighted by Crippen LogP contribution is -1.97. The second-order valence-corrected chi connectivity index (χ2v) is 3.57. The van der Waals surface area contributed by atoms with Crippen molar-refractivity contribution in [3.8, 4) is 11.4 Å². The van der Waals surface area contributed by atoms with E-state index in [9.17, 15) is 4.79 Å². The molecule has 0 aliphatic heterocycles. The first-order chi connectivity index (χ1) is 7.24. The van der Waals surface area contributed by atoms with E-state index in [4.69, 9.17) is 11.6 Å². The Bertz CT molecular complexity index is 505. The number of aromatic nitrogens is 2. The van der Waals surface area contributed by atoms with Crippen molar-refractivity contribution in [3.05, 3.63) is 41.2 Å². The molecule has 0 unspecified atom stereocenters. The van der Waals surface area contributed by atoms with E-state index in [-0.39, 0.29) is 0 Å². The minimum absolute atomic E-state index is 0.532. The molecule has 1 aromatic heterocycles. The molecule has 0 atom stereocenters. The van der Waals surface area contributed by atoms with Crippen molar-refractivity contribution in [2.45, 2.75) is 0 Å². The van der Waals surface area contributed by atoms with E-state index >= 15 is 0 Å². The maximum Gasteiger partial charge on any atom is 0.168 e. The molecule has 0 fully saturated rings. The van der Waals surface area contributed by atoms with Crippen LogP contribution in [-0.4, -0.2) is 15.8 Å². The van der Waals surface area contributed by atoms with Gasteiger partial charge in [-0.25, -0.2) is 4.98 Å². The van der Waals surface area contributed by atoms with Gasteiger partial charge in [-0.1, -0.05) is 23.7 Å². The molecule has 0 saturated carbocycles. The molecule has 0 radical (unpaired) electrons. The SMILES string of the molecule is Cn1c(C=O)cnc1-c1ccccc1Cl. The normalized spacial score (nSPS) is 10.3. The molecule has 3 nitrogen and oxygen atoms in total. The maximum absolute atomic E-state index is 10.7. The third-order valence-corrected chi connectivity index (χ3v) is 2.59. The summed E-state index contributed by atoms with van der Waals surface area (Å²) < 4.78 is 1.72. The summed E-state index contributed by atoms with van der Waals surface area (Å²) in [7, 11) is 1.79. The highest BCUT2D eigenvalue weighted by Gasteiger charge is 2.10. The molecule has 4 heteroatoms. The molecule has 15 heavy (non-hydrogen) atoms. The molecule has 2 aromatic rings. The molecule has 0 amide bonds. The largest absolute Gasteiger partial charge is 0.325 e. The van der Waals surface area contributed by atoms with Gasteiger partial charge in [0.25, 0.3) is 0 Å². The zero-order valence-electron chi connectivity index (χ0n) is 8.14. The van der Waals surface area contributed by atoms with Crippen molar-refractivity contribution in [1.29, 1.82) is 0 Å². The van der Waals surface area contributed by atoms with Gasteiger partial charge in [-0.2, -0.15) is 0 Å². The van der Waals surface area contributed by atoms with E-state index in [2.05, 4.69) is 4.98 Å². The van der Waals surface area contributed by atoms with Crippen LogP contribution in [0.5, 0.6) is 0 Å². The first-order valence-corrected chi connectivity index (χ1v) is 4.83. The number of hydrogen-bond donors (Lipinski definition) is 0. The number of rotatable bonds is 2. The highest BCUT2D eigenvalue weighted by Crippen LogP contribution is 2.26. The second kappa shape index (κ2) is 3.87. The van der Waals surface area contributed by atoms with Gasteiger partial charge in [0.1, 0.15) is 11.5 Å². The quantitative estimate of drug-likeness (QED) is 0.729. The minimum atomic E-state index is 0.532. The van der Waals surface area contributed by atoms with E-state index in [0.29, 0.717) is 16.5 Å². The minimum Gasteiger partial charge on any atom is -0.325 e. The monoisotopic (exact) mass is 220 g/mol. The maximum atomic E-state index is 10.7. The summed E-state index contributed by atoms with van der Waals surface area (Å²) >= 11 is 6.04. The Labute approximate surface area is 92.3 Å². The van der Waals surface area contributed by atoms with Crippen molar-refractivity contribution in [1.82, 2.24) is 9.55 Å². The highest BCUT2D eigenvalue weighted by atomic mass is 35.5. The Morgan fingerprint density at radius 2 is 2.13 bits per heavy atom. The van der Waals surface area contributed by atoms with Crippen LogP contribution in [0, 0.1) is 0 Å².